The molecule has 0 heterocycles. The van der Waals surface area contributed by atoms with E-state index in [0.717, 1.165) is 4.90 Å². The van der Waals surface area contributed by atoms with Gasteiger partial charge in [-0.15, -0.1) is 0 Å². The number of halogens is 2. The Hall–Kier alpha value is -1.52. The number of carboxylic acids is 1. The van der Waals surface area contributed by atoms with Crippen molar-refractivity contribution in [2.45, 2.75) is 16.2 Å². The number of hydrogen-bond acceptors (Lipinski definition) is 2. The quantitative estimate of drug-likeness (QED) is 0.916. The average molecular weight is 297 g/mol. The molecule has 0 saturated carbocycles. The molecule has 0 amide bonds. The second kappa shape index (κ2) is 6.08. The Balaban J connectivity index is 2.13. The Kier molecular flexibility index (Phi) is 4.45. The van der Waals surface area contributed by atoms with Crippen LogP contribution < -0.4 is 0 Å². The number of carboxylic acid groups (broad SMARTS) is 1. The Labute approximate surface area is 119 Å². The summed E-state index contributed by atoms with van der Waals surface area (Å²) in [6.07, 6.45) is -0.0136. The van der Waals surface area contributed by atoms with Gasteiger partial charge in [-0.25, -0.2) is 4.39 Å². The van der Waals surface area contributed by atoms with Crippen molar-refractivity contribution in [3.05, 3.63) is 58.9 Å². The minimum atomic E-state index is -0.871. The number of hydrogen-bond donors (Lipinski definition) is 1. The van der Waals surface area contributed by atoms with Crippen LogP contribution in [0.5, 0.6) is 0 Å². The zero-order chi connectivity index (χ0) is 13.8. The van der Waals surface area contributed by atoms with Crippen molar-refractivity contribution >= 4 is 29.3 Å². The fraction of sp³-hybridized carbons (Fsp3) is 0.0714. The van der Waals surface area contributed by atoms with Crippen LogP contribution in [-0.4, -0.2) is 11.1 Å². The molecule has 1 N–H and O–H groups in total. The monoisotopic (exact) mass is 296 g/mol. The van der Waals surface area contributed by atoms with Gasteiger partial charge in [0.15, 0.2) is 0 Å². The molecule has 0 saturated heterocycles. The van der Waals surface area contributed by atoms with Crippen molar-refractivity contribution in [2.24, 2.45) is 0 Å². The van der Waals surface area contributed by atoms with Crippen LogP contribution in [0, 0.1) is 5.82 Å². The second-order valence-corrected chi connectivity index (χ2v) is 5.44. The molecule has 0 aliphatic rings. The SMILES string of the molecule is O=C(O)Cc1ccc(Sc2ccc(Cl)cc2F)cc1. The van der Waals surface area contributed by atoms with Crippen LogP contribution in [0.4, 0.5) is 4.39 Å². The van der Waals surface area contributed by atoms with Crippen molar-refractivity contribution in [1.82, 2.24) is 0 Å². The van der Waals surface area contributed by atoms with Crippen molar-refractivity contribution < 1.29 is 14.3 Å². The summed E-state index contributed by atoms with van der Waals surface area (Å²) in [7, 11) is 0. The molecule has 0 atom stereocenters. The van der Waals surface area contributed by atoms with Crippen molar-refractivity contribution in [1.29, 1.82) is 0 Å². The minimum absolute atomic E-state index is 0.0136. The topological polar surface area (TPSA) is 37.3 Å². The predicted molar refractivity (Wildman–Crippen MR) is 73.3 cm³/mol. The standard InChI is InChI=1S/C14H10ClFO2S/c15-10-3-6-13(12(16)8-10)19-11-4-1-9(2-5-11)7-14(17)18/h1-6,8H,7H2,(H,17,18). The van der Waals surface area contributed by atoms with Gasteiger partial charge in [-0.05, 0) is 35.9 Å². The lowest BCUT2D eigenvalue weighted by Gasteiger charge is -2.04. The summed E-state index contributed by atoms with van der Waals surface area (Å²) < 4.78 is 13.6. The highest BCUT2D eigenvalue weighted by molar-refractivity contribution is 7.99. The van der Waals surface area contributed by atoms with Crippen LogP contribution in [0.25, 0.3) is 0 Å². The molecule has 0 spiro atoms. The summed E-state index contributed by atoms with van der Waals surface area (Å²) in [5.41, 5.74) is 0.716. The first-order valence-electron chi connectivity index (χ1n) is 5.48. The third-order valence-electron chi connectivity index (χ3n) is 2.40. The molecule has 0 unspecified atom stereocenters. The molecule has 0 aliphatic carbocycles. The van der Waals surface area contributed by atoms with Crippen LogP contribution >= 0.6 is 23.4 Å². The zero-order valence-electron chi connectivity index (χ0n) is 9.77. The average Bonchev–Trinajstić information content (AvgIpc) is 2.34. The lowest BCUT2D eigenvalue weighted by molar-refractivity contribution is -0.136. The lowest BCUT2D eigenvalue weighted by atomic mass is 10.2. The van der Waals surface area contributed by atoms with E-state index in [1.54, 1.807) is 36.4 Å². The molecular formula is C14H10ClFO2S. The molecule has 2 aromatic carbocycles. The van der Waals surface area contributed by atoms with E-state index < -0.39 is 5.97 Å². The fourth-order valence-corrected chi connectivity index (χ4v) is 2.51. The molecule has 19 heavy (non-hydrogen) atoms. The van der Waals surface area contributed by atoms with Gasteiger partial charge in [-0.1, -0.05) is 35.5 Å². The first-order chi connectivity index (χ1) is 9.04. The van der Waals surface area contributed by atoms with Crippen molar-refractivity contribution in [2.75, 3.05) is 0 Å². The molecular weight excluding hydrogens is 287 g/mol. The maximum atomic E-state index is 13.6. The first kappa shape index (κ1) is 13.9. The Morgan fingerprint density at radius 1 is 1.21 bits per heavy atom. The second-order valence-electron chi connectivity index (χ2n) is 3.89. The summed E-state index contributed by atoms with van der Waals surface area (Å²) in [6.45, 7) is 0. The maximum absolute atomic E-state index is 13.6. The highest BCUT2D eigenvalue weighted by atomic mass is 35.5. The number of benzene rings is 2. The van der Waals surface area contributed by atoms with Crippen LogP contribution in [0.1, 0.15) is 5.56 Å². The van der Waals surface area contributed by atoms with Gasteiger partial charge in [0, 0.05) is 14.8 Å². The smallest absolute Gasteiger partial charge is 0.307 e. The zero-order valence-corrected chi connectivity index (χ0v) is 11.3. The third kappa shape index (κ3) is 3.98. The van der Waals surface area contributed by atoms with Crippen molar-refractivity contribution in [3.8, 4) is 0 Å². The van der Waals surface area contributed by atoms with Crippen LogP contribution in [-0.2, 0) is 11.2 Å². The summed E-state index contributed by atoms with van der Waals surface area (Å²) in [6, 6.07) is 11.5. The number of carbonyl (C=O) groups is 1. The summed E-state index contributed by atoms with van der Waals surface area (Å²) in [5.74, 6) is -1.24. The number of aliphatic carboxylic acids is 1. The van der Waals surface area contributed by atoms with E-state index in [-0.39, 0.29) is 12.2 Å². The van der Waals surface area contributed by atoms with Gasteiger partial charge in [0.05, 0.1) is 6.42 Å². The summed E-state index contributed by atoms with van der Waals surface area (Å²) in [5, 5.41) is 9.03. The highest BCUT2D eigenvalue weighted by Gasteiger charge is 2.06. The summed E-state index contributed by atoms with van der Waals surface area (Å²) in [4.78, 5) is 11.9. The van der Waals surface area contributed by atoms with Gasteiger partial charge in [0.1, 0.15) is 5.82 Å². The molecule has 98 valence electrons. The van der Waals surface area contributed by atoms with Crippen molar-refractivity contribution in [3.63, 3.8) is 0 Å². The third-order valence-corrected chi connectivity index (χ3v) is 3.69. The molecule has 5 heteroatoms. The predicted octanol–water partition coefficient (Wildman–Crippen LogP) is 4.26. The summed E-state index contributed by atoms with van der Waals surface area (Å²) >= 11 is 6.95. The van der Waals surface area contributed by atoms with E-state index in [1.807, 2.05) is 0 Å². The Morgan fingerprint density at radius 2 is 1.89 bits per heavy atom. The molecule has 0 fully saturated rings. The maximum Gasteiger partial charge on any atom is 0.307 e. The number of rotatable bonds is 4. The van der Waals surface area contributed by atoms with E-state index in [0.29, 0.717) is 15.5 Å². The molecule has 2 rings (SSSR count). The molecule has 0 radical (unpaired) electrons. The highest BCUT2D eigenvalue weighted by Crippen LogP contribution is 2.31. The van der Waals surface area contributed by atoms with Crippen LogP contribution in [0.3, 0.4) is 0 Å². The molecule has 0 bridgehead atoms. The van der Waals surface area contributed by atoms with E-state index in [1.165, 1.54) is 17.8 Å². The van der Waals surface area contributed by atoms with Gasteiger partial charge in [0.25, 0.3) is 0 Å². The van der Waals surface area contributed by atoms with E-state index in [2.05, 4.69) is 0 Å². The minimum Gasteiger partial charge on any atom is -0.481 e. The van der Waals surface area contributed by atoms with Gasteiger partial charge in [-0.3, -0.25) is 4.79 Å². The van der Waals surface area contributed by atoms with Gasteiger partial charge < -0.3 is 5.11 Å². The largest absolute Gasteiger partial charge is 0.481 e. The lowest BCUT2D eigenvalue weighted by Crippen LogP contribution is -1.99. The molecule has 0 aliphatic heterocycles. The van der Waals surface area contributed by atoms with Gasteiger partial charge in [-0.2, -0.15) is 0 Å². The molecule has 0 aromatic heterocycles. The first-order valence-corrected chi connectivity index (χ1v) is 6.67. The Bertz CT molecular complexity index is 599. The Morgan fingerprint density at radius 3 is 2.47 bits per heavy atom. The van der Waals surface area contributed by atoms with E-state index in [4.69, 9.17) is 16.7 Å². The molecule has 2 nitrogen and oxygen atoms in total. The van der Waals surface area contributed by atoms with Crippen LogP contribution in [0.15, 0.2) is 52.3 Å². The normalized spacial score (nSPS) is 10.4. The van der Waals surface area contributed by atoms with Gasteiger partial charge in [0.2, 0.25) is 0 Å². The van der Waals surface area contributed by atoms with Crippen LogP contribution in [0.2, 0.25) is 5.02 Å². The molecule has 2 aromatic rings. The van der Waals surface area contributed by atoms with Gasteiger partial charge >= 0.3 is 5.97 Å². The van der Waals surface area contributed by atoms with E-state index in [9.17, 15) is 9.18 Å². The van der Waals surface area contributed by atoms with E-state index >= 15 is 0 Å². The fourth-order valence-electron chi connectivity index (χ4n) is 1.53.